The van der Waals surface area contributed by atoms with E-state index in [1.54, 1.807) is 6.07 Å². The highest BCUT2D eigenvalue weighted by Gasteiger charge is 2.25. The monoisotopic (exact) mass is 276 g/mol. The Hall–Kier alpha value is -1.39. The average Bonchev–Trinajstić information content (AvgIpc) is 3.05. The first-order chi connectivity index (χ1) is 9.69. The Morgan fingerprint density at radius 1 is 1.40 bits per heavy atom. The molecule has 1 aliphatic rings. The maximum Gasteiger partial charge on any atom is 0.134 e. The maximum absolute atomic E-state index is 13.4. The number of aryl methyl sites for hydroxylation is 1. The Kier molecular flexibility index (Phi) is 3.76. The van der Waals surface area contributed by atoms with Crippen molar-refractivity contribution in [1.82, 2.24) is 5.43 Å². The highest BCUT2D eigenvalue weighted by molar-refractivity contribution is 5.82. The van der Waals surface area contributed by atoms with E-state index >= 15 is 0 Å². The van der Waals surface area contributed by atoms with Gasteiger partial charge in [0.2, 0.25) is 0 Å². The molecule has 3 rings (SSSR count). The molecule has 108 valence electrons. The smallest absolute Gasteiger partial charge is 0.134 e. The van der Waals surface area contributed by atoms with Crippen LogP contribution in [0.25, 0.3) is 11.0 Å². The molecule has 0 spiro atoms. The lowest BCUT2D eigenvalue weighted by molar-refractivity contribution is 0.352. The summed E-state index contributed by atoms with van der Waals surface area (Å²) in [5, 5.41) is 0.840. The van der Waals surface area contributed by atoms with Crippen LogP contribution in [0.2, 0.25) is 0 Å². The molecule has 0 aliphatic heterocycles. The molecule has 1 aromatic carbocycles. The lowest BCUT2D eigenvalue weighted by Crippen LogP contribution is -2.29. The van der Waals surface area contributed by atoms with Gasteiger partial charge >= 0.3 is 0 Å². The van der Waals surface area contributed by atoms with Crippen LogP contribution in [0.15, 0.2) is 22.6 Å². The number of fused-ring (bicyclic) bond motifs is 1. The van der Waals surface area contributed by atoms with Gasteiger partial charge in [0, 0.05) is 10.9 Å². The summed E-state index contributed by atoms with van der Waals surface area (Å²) in [5.74, 6) is 7.04. The second-order valence-electron chi connectivity index (χ2n) is 5.84. The summed E-state index contributed by atoms with van der Waals surface area (Å²) in [7, 11) is 0. The molecular weight excluding hydrogens is 255 g/mol. The Morgan fingerprint density at radius 3 is 2.85 bits per heavy atom. The first-order valence-corrected chi connectivity index (χ1v) is 7.33. The number of hydrazine groups is 1. The number of benzene rings is 1. The zero-order valence-corrected chi connectivity index (χ0v) is 11.8. The van der Waals surface area contributed by atoms with Crippen LogP contribution in [0.4, 0.5) is 4.39 Å². The van der Waals surface area contributed by atoms with Gasteiger partial charge in [-0.3, -0.25) is 5.84 Å². The lowest BCUT2D eigenvalue weighted by atomic mass is 9.95. The number of nitrogens with one attached hydrogen (secondary N) is 1. The maximum atomic E-state index is 13.4. The Bertz CT molecular complexity index is 602. The minimum Gasteiger partial charge on any atom is -0.459 e. The third-order valence-electron chi connectivity index (χ3n) is 4.50. The van der Waals surface area contributed by atoms with Gasteiger partial charge in [-0.1, -0.05) is 25.7 Å². The molecule has 1 saturated carbocycles. The van der Waals surface area contributed by atoms with Crippen molar-refractivity contribution < 1.29 is 8.81 Å². The second kappa shape index (κ2) is 5.54. The molecule has 0 bridgehead atoms. The molecule has 20 heavy (non-hydrogen) atoms. The predicted molar refractivity (Wildman–Crippen MR) is 77.5 cm³/mol. The fourth-order valence-corrected chi connectivity index (χ4v) is 3.37. The van der Waals surface area contributed by atoms with E-state index < -0.39 is 0 Å². The van der Waals surface area contributed by atoms with Crippen LogP contribution in [0.1, 0.15) is 49.5 Å². The average molecular weight is 276 g/mol. The van der Waals surface area contributed by atoms with Crippen LogP contribution in [0.3, 0.4) is 0 Å². The number of furan rings is 1. The van der Waals surface area contributed by atoms with Gasteiger partial charge in [-0.05, 0) is 37.5 Å². The molecule has 1 aliphatic carbocycles. The molecule has 1 unspecified atom stereocenters. The summed E-state index contributed by atoms with van der Waals surface area (Å²) in [6.07, 6.45) is 6.15. The molecule has 3 N–H and O–H groups in total. The van der Waals surface area contributed by atoms with Crippen LogP contribution in [0, 0.1) is 18.7 Å². The van der Waals surface area contributed by atoms with Crippen molar-refractivity contribution in [3.05, 3.63) is 35.3 Å². The minimum absolute atomic E-state index is 0.00793. The number of nitrogens with two attached hydrogens (primary N) is 1. The molecule has 1 atom stereocenters. The SMILES string of the molecule is Cc1c(C(CC2CCCC2)NN)oc2ccc(F)cc12. The Morgan fingerprint density at radius 2 is 2.15 bits per heavy atom. The highest BCUT2D eigenvalue weighted by atomic mass is 19.1. The first-order valence-electron chi connectivity index (χ1n) is 7.33. The summed E-state index contributed by atoms with van der Waals surface area (Å²) in [6.45, 7) is 1.97. The van der Waals surface area contributed by atoms with Crippen LogP contribution in [-0.2, 0) is 0 Å². The first kappa shape index (κ1) is 13.6. The molecule has 1 fully saturated rings. The number of rotatable bonds is 4. The molecule has 3 nitrogen and oxygen atoms in total. The molecule has 1 aromatic heterocycles. The fourth-order valence-electron chi connectivity index (χ4n) is 3.37. The largest absolute Gasteiger partial charge is 0.459 e. The lowest BCUT2D eigenvalue weighted by Gasteiger charge is -2.18. The summed E-state index contributed by atoms with van der Waals surface area (Å²) >= 11 is 0. The van der Waals surface area contributed by atoms with Gasteiger partial charge in [-0.2, -0.15) is 0 Å². The van der Waals surface area contributed by atoms with E-state index in [9.17, 15) is 4.39 Å². The Labute approximate surface area is 118 Å². The number of halogens is 1. The van der Waals surface area contributed by atoms with E-state index in [4.69, 9.17) is 10.3 Å². The van der Waals surface area contributed by atoms with Gasteiger partial charge in [-0.25, -0.2) is 9.82 Å². The molecule has 4 heteroatoms. The molecule has 1 heterocycles. The van der Waals surface area contributed by atoms with E-state index in [1.165, 1.54) is 37.8 Å². The van der Waals surface area contributed by atoms with Crippen molar-refractivity contribution >= 4 is 11.0 Å². The highest BCUT2D eigenvalue weighted by Crippen LogP contribution is 2.36. The van der Waals surface area contributed by atoms with Crippen molar-refractivity contribution in [2.75, 3.05) is 0 Å². The van der Waals surface area contributed by atoms with Crippen LogP contribution in [0.5, 0.6) is 0 Å². The van der Waals surface area contributed by atoms with Crippen LogP contribution >= 0.6 is 0 Å². The second-order valence-corrected chi connectivity index (χ2v) is 5.84. The third-order valence-corrected chi connectivity index (χ3v) is 4.50. The summed E-state index contributed by atoms with van der Waals surface area (Å²) in [4.78, 5) is 0. The van der Waals surface area contributed by atoms with Crippen molar-refractivity contribution in [3.8, 4) is 0 Å². The van der Waals surface area contributed by atoms with Crippen molar-refractivity contribution in [3.63, 3.8) is 0 Å². The van der Waals surface area contributed by atoms with E-state index in [2.05, 4.69) is 5.43 Å². The summed E-state index contributed by atoms with van der Waals surface area (Å²) in [6, 6.07) is 4.65. The quantitative estimate of drug-likeness (QED) is 0.656. The van der Waals surface area contributed by atoms with E-state index in [-0.39, 0.29) is 11.9 Å². The van der Waals surface area contributed by atoms with Gasteiger partial charge in [0.1, 0.15) is 17.2 Å². The van der Waals surface area contributed by atoms with Crippen LogP contribution < -0.4 is 11.3 Å². The van der Waals surface area contributed by atoms with Gasteiger partial charge < -0.3 is 4.42 Å². The predicted octanol–water partition coefficient (Wildman–Crippen LogP) is 3.97. The van der Waals surface area contributed by atoms with E-state index in [1.807, 2.05) is 6.92 Å². The molecular formula is C16H21FN2O. The summed E-state index contributed by atoms with van der Waals surface area (Å²) in [5.41, 5.74) is 4.59. The van der Waals surface area contributed by atoms with Crippen LogP contribution in [-0.4, -0.2) is 0 Å². The zero-order valence-electron chi connectivity index (χ0n) is 11.8. The van der Waals surface area contributed by atoms with Crippen molar-refractivity contribution in [1.29, 1.82) is 0 Å². The minimum atomic E-state index is -0.235. The summed E-state index contributed by atoms with van der Waals surface area (Å²) < 4.78 is 19.3. The molecule has 0 radical (unpaired) electrons. The number of hydrogen-bond acceptors (Lipinski definition) is 3. The Balaban J connectivity index is 1.92. The molecule has 2 aromatic rings. The fraction of sp³-hybridized carbons (Fsp3) is 0.500. The van der Waals surface area contributed by atoms with Gasteiger partial charge in [-0.15, -0.1) is 0 Å². The van der Waals surface area contributed by atoms with Gasteiger partial charge in [0.05, 0.1) is 6.04 Å². The normalized spacial score (nSPS) is 17.9. The van der Waals surface area contributed by atoms with E-state index in [0.29, 0.717) is 5.92 Å². The standard InChI is InChI=1S/C16H21FN2O/c1-10-13-9-12(17)6-7-15(13)20-16(10)14(19-18)8-11-4-2-3-5-11/h6-7,9,11,14,19H,2-5,8,18H2,1H3. The number of hydrogen-bond donors (Lipinski definition) is 2. The van der Waals surface area contributed by atoms with Crippen molar-refractivity contribution in [2.45, 2.75) is 45.1 Å². The van der Waals surface area contributed by atoms with E-state index in [0.717, 1.165) is 28.7 Å². The van der Waals surface area contributed by atoms with Gasteiger partial charge in [0.15, 0.2) is 0 Å². The van der Waals surface area contributed by atoms with Crippen molar-refractivity contribution in [2.24, 2.45) is 11.8 Å². The molecule has 0 saturated heterocycles. The van der Waals surface area contributed by atoms with Gasteiger partial charge in [0.25, 0.3) is 0 Å². The topological polar surface area (TPSA) is 51.2 Å². The molecule has 0 amide bonds. The third kappa shape index (κ3) is 2.45. The zero-order chi connectivity index (χ0) is 14.1.